The van der Waals surface area contributed by atoms with Crippen LogP contribution in [0.15, 0.2) is 0 Å². The van der Waals surface area contributed by atoms with E-state index in [9.17, 15) is 14.3 Å². The first kappa shape index (κ1) is 13.7. The highest BCUT2D eigenvalue weighted by molar-refractivity contribution is 7.85. The molecule has 0 aromatic heterocycles. The highest BCUT2D eigenvalue weighted by atomic mass is 32.2. The van der Waals surface area contributed by atoms with Gasteiger partial charge in [-0.25, -0.2) is 0 Å². The molecule has 0 spiro atoms. The zero-order chi connectivity index (χ0) is 13.1. The van der Waals surface area contributed by atoms with Crippen LogP contribution in [0.4, 0.5) is 0 Å². The van der Waals surface area contributed by atoms with Gasteiger partial charge in [0, 0.05) is 16.6 Å². The Balaban J connectivity index is 1.92. The fourth-order valence-electron chi connectivity index (χ4n) is 2.29. The summed E-state index contributed by atoms with van der Waals surface area (Å²) in [6.45, 7) is 2.49. The number of fused-ring (bicyclic) bond motifs is 1. The lowest BCUT2D eigenvalue weighted by atomic mass is 10.1. The number of nitrogens with zero attached hydrogens (tertiary/aromatic N) is 1. The largest absolute Gasteiger partial charge is 0.372 e. The van der Waals surface area contributed by atoms with Crippen LogP contribution in [0.2, 0.25) is 0 Å². The van der Waals surface area contributed by atoms with Crippen molar-refractivity contribution in [2.75, 3.05) is 19.0 Å². The van der Waals surface area contributed by atoms with Crippen molar-refractivity contribution in [2.24, 2.45) is 0 Å². The van der Waals surface area contributed by atoms with Crippen LogP contribution in [0.25, 0.3) is 0 Å². The summed E-state index contributed by atoms with van der Waals surface area (Å²) in [6, 6.07) is 0. The summed E-state index contributed by atoms with van der Waals surface area (Å²) in [5.41, 5.74) is 0. The minimum absolute atomic E-state index is 0.123. The van der Waals surface area contributed by atoms with Crippen molar-refractivity contribution in [3.63, 3.8) is 0 Å². The predicted molar refractivity (Wildman–Crippen MR) is 63.1 cm³/mol. The van der Waals surface area contributed by atoms with E-state index in [1.165, 1.54) is 0 Å². The van der Waals surface area contributed by atoms with Crippen LogP contribution in [-0.4, -0.2) is 51.8 Å². The molecule has 2 aliphatic rings. The Kier molecular flexibility index (Phi) is 4.52. The van der Waals surface area contributed by atoms with E-state index in [2.05, 4.69) is 4.84 Å². The Hall–Kier alpha value is -0.730. The summed E-state index contributed by atoms with van der Waals surface area (Å²) in [4.78, 5) is 14.8. The molecule has 0 aromatic rings. The van der Waals surface area contributed by atoms with Gasteiger partial charge < -0.3 is 14.3 Å². The van der Waals surface area contributed by atoms with Crippen LogP contribution >= 0.6 is 0 Å². The SMILES string of the molecule is CCCC[S@](=O)C1COC2C(O[N+](=O)[O-])COC21. The Morgan fingerprint density at radius 2 is 2.11 bits per heavy atom. The van der Waals surface area contributed by atoms with Crippen molar-refractivity contribution in [3.05, 3.63) is 10.1 Å². The molecule has 7 nitrogen and oxygen atoms in total. The normalized spacial score (nSPS) is 36.3. The first-order chi connectivity index (χ1) is 8.63. The average molecular weight is 279 g/mol. The molecular formula is C10H17NO6S. The van der Waals surface area contributed by atoms with Gasteiger partial charge in [0.2, 0.25) is 0 Å². The number of hydrogen-bond acceptors (Lipinski definition) is 6. The molecule has 8 heteroatoms. The van der Waals surface area contributed by atoms with E-state index in [0.717, 1.165) is 12.8 Å². The van der Waals surface area contributed by atoms with Gasteiger partial charge >= 0.3 is 0 Å². The van der Waals surface area contributed by atoms with Crippen molar-refractivity contribution >= 4 is 10.8 Å². The molecule has 0 amide bonds. The van der Waals surface area contributed by atoms with Gasteiger partial charge in [-0.3, -0.25) is 4.21 Å². The molecule has 4 unspecified atom stereocenters. The Morgan fingerprint density at radius 1 is 1.39 bits per heavy atom. The van der Waals surface area contributed by atoms with E-state index in [0.29, 0.717) is 12.4 Å². The molecule has 0 radical (unpaired) electrons. The zero-order valence-electron chi connectivity index (χ0n) is 10.1. The van der Waals surface area contributed by atoms with Crippen molar-refractivity contribution in [1.82, 2.24) is 0 Å². The fraction of sp³-hybridized carbons (Fsp3) is 1.00. The van der Waals surface area contributed by atoms with E-state index in [4.69, 9.17) is 9.47 Å². The minimum atomic E-state index is -1.01. The maximum Gasteiger partial charge on any atom is 0.294 e. The third-order valence-corrected chi connectivity index (χ3v) is 4.99. The van der Waals surface area contributed by atoms with Gasteiger partial charge in [0.1, 0.15) is 12.2 Å². The average Bonchev–Trinajstić information content (AvgIpc) is 2.88. The summed E-state index contributed by atoms with van der Waals surface area (Å²) in [7, 11) is -1.01. The summed E-state index contributed by atoms with van der Waals surface area (Å²) in [5, 5.41) is 9.29. The molecule has 2 fully saturated rings. The van der Waals surface area contributed by atoms with Gasteiger partial charge in [-0.15, -0.1) is 10.1 Å². The molecule has 18 heavy (non-hydrogen) atoms. The topological polar surface area (TPSA) is 87.9 Å². The lowest BCUT2D eigenvalue weighted by Crippen LogP contribution is -2.36. The van der Waals surface area contributed by atoms with Crippen molar-refractivity contribution in [3.8, 4) is 0 Å². The lowest BCUT2D eigenvalue weighted by Gasteiger charge is -2.15. The summed E-state index contributed by atoms with van der Waals surface area (Å²) < 4.78 is 23.0. The van der Waals surface area contributed by atoms with E-state index in [-0.39, 0.29) is 18.0 Å². The first-order valence-corrected chi connectivity index (χ1v) is 7.43. The molecule has 0 N–H and O–H groups in total. The molecule has 0 bridgehead atoms. The maximum atomic E-state index is 12.1. The molecule has 104 valence electrons. The van der Waals surface area contributed by atoms with Gasteiger partial charge in [0.15, 0.2) is 6.10 Å². The molecule has 0 aromatic carbocycles. The molecule has 0 saturated carbocycles. The molecular weight excluding hydrogens is 262 g/mol. The predicted octanol–water partition coefficient (Wildman–Crippen LogP) is 0.278. The Labute approximate surface area is 107 Å². The van der Waals surface area contributed by atoms with Crippen LogP contribution in [0.3, 0.4) is 0 Å². The second-order valence-corrected chi connectivity index (χ2v) is 6.22. The van der Waals surface area contributed by atoms with Crippen LogP contribution in [0, 0.1) is 10.1 Å². The van der Waals surface area contributed by atoms with E-state index in [1.807, 2.05) is 6.92 Å². The van der Waals surface area contributed by atoms with Crippen LogP contribution in [0.1, 0.15) is 19.8 Å². The molecule has 2 rings (SSSR count). The number of hydrogen-bond donors (Lipinski definition) is 0. The molecule has 2 aliphatic heterocycles. The van der Waals surface area contributed by atoms with Gasteiger partial charge in [-0.05, 0) is 6.42 Å². The third-order valence-electron chi connectivity index (χ3n) is 3.22. The van der Waals surface area contributed by atoms with Gasteiger partial charge in [0.25, 0.3) is 5.09 Å². The number of rotatable bonds is 6. The van der Waals surface area contributed by atoms with Crippen LogP contribution < -0.4 is 0 Å². The second-order valence-electron chi connectivity index (χ2n) is 4.44. The van der Waals surface area contributed by atoms with Crippen LogP contribution in [0.5, 0.6) is 0 Å². The van der Waals surface area contributed by atoms with E-state index >= 15 is 0 Å². The minimum Gasteiger partial charge on any atom is -0.372 e. The standard InChI is InChI=1S/C10H17NO6S/c1-2-3-4-18(14)8-6-16-9-7(17-11(12)13)5-15-10(8)9/h7-10H,2-6H2,1H3/t7?,8?,9?,10?,18-/m0/s1. The molecule has 2 heterocycles. The van der Waals surface area contributed by atoms with E-state index in [1.54, 1.807) is 0 Å². The molecule has 5 atom stereocenters. The number of ether oxygens (including phenoxy) is 2. The molecule has 2 saturated heterocycles. The first-order valence-electron chi connectivity index (χ1n) is 6.05. The van der Waals surface area contributed by atoms with E-state index < -0.39 is 28.1 Å². The molecule has 0 aliphatic carbocycles. The van der Waals surface area contributed by atoms with Gasteiger partial charge in [0.05, 0.1) is 18.5 Å². The highest BCUT2D eigenvalue weighted by Gasteiger charge is 2.51. The lowest BCUT2D eigenvalue weighted by molar-refractivity contribution is -0.769. The van der Waals surface area contributed by atoms with Crippen molar-refractivity contribution in [2.45, 2.75) is 43.3 Å². The number of unbranched alkanes of at least 4 members (excludes halogenated alkanes) is 1. The Bertz CT molecular complexity index is 338. The van der Waals surface area contributed by atoms with Gasteiger partial charge in [-0.2, -0.15) is 0 Å². The summed E-state index contributed by atoms with van der Waals surface area (Å²) >= 11 is 0. The van der Waals surface area contributed by atoms with Crippen molar-refractivity contribution < 1.29 is 23.6 Å². The second kappa shape index (κ2) is 5.94. The maximum absolute atomic E-state index is 12.1. The quantitative estimate of drug-likeness (QED) is 0.512. The smallest absolute Gasteiger partial charge is 0.294 e. The zero-order valence-corrected chi connectivity index (χ0v) is 11.0. The summed E-state index contributed by atoms with van der Waals surface area (Å²) in [6.07, 6.45) is 0.383. The van der Waals surface area contributed by atoms with Crippen LogP contribution in [-0.2, 0) is 25.1 Å². The van der Waals surface area contributed by atoms with Crippen molar-refractivity contribution in [1.29, 1.82) is 0 Å². The Morgan fingerprint density at radius 3 is 2.78 bits per heavy atom. The fourth-order valence-corrected chi connectivity index (χ4v) is 3.93. The third kappa shape index (κ3) is 2.81. The van der Waals surface area contributed by atoms with Gasteiger partial charge in [-0.1, -0.05) is 13.3 Å². The summed E-state index contributed by atoms with van der Waals surface area (Å²) in [5.74, 6) is 0.623. The highest BCUT2D eigenvalue weighted by Crippen LogP contribution is 2.31. The monoisotopic (exact) mass is 279 g/mol.